The van der Waals surface area contributed by atoms with Crippen LogP contribution in [0.1, 0.15) is 19.4 Å². The van der Waals surface area contributed by atoms with Crippen LogP contribution in [0.2, 0.25) is 0 Å². The van der Waals surface area contributed by atoms with Crippen molar-refractivity contribution in [3.05, 3.63) is 66.5 Å². The van der Waals surface area contributed by atoms with Gasteiger partial charge in [0.05, 0.1) is 17.2 Å². The standard InChI is InChI=1S/C24H28N4O3S/c1-3-19-5-11-22(12-6-19)32(29,30)28-15-13-27(14-16-28)24-17-23(25-18-26-24)20-7-9-21(10-8-20)31-4-2/h5-12,17-18H,3-4,13-16H2,1-2H3. The second-order valence-corrected chi connectivity index (χ2v) is 9.55. The van der Waals surface area contributed by atoms with E-state index in [1.54, 1.807) is 22.8 Å². The summed E-state index contributed by atoms with van der Waals surface area (Å²) in [7, 11) is -3.49. The van der Waals surface area contributed by atoms with Crippen LogP contribution in [0.3, 0.4) is 0 Å². The highest BCUT2D eigenvalue weighted by Gasteiger charge is 2.29. The van der Waals surface area contributed by atoms with Gasteiger partial charge in [0.15, 0.2) is 0 Å². The summed E-state index contributed by atoms with van der Waals surface area (Å²) in [6, 6.07) is 16.9. The molecule has 0 unspecified atom stereocenters. The van der Waals surface area contributed by atoms with Gasteiger partial charge in [0.2, 0.25) is 10.0 Å². The van der Waals surface area contributed by atoms with E-state index < -0.39 is 10.0 Å². The Morgan fingerprint density at radius 2 is 1.59 bits per heavy atom. The number of ether oxygens (including phenoxy) is 1. The van der Waals surface area contributed by atoms with Gasteiger partial charge in [-0.25, -0.2) is 18.4 Å². The number of hydrogen-bond donors (Lipinski definition) is 0. The molecular formula is C24H28N4O3S. The van der Waals surface area contributed by atoms with Crippen molar-refractivity contribution in [2.75, 3.05) is 37.7 Å². The van der Waals surface area contributed by atoms with Gasteiger partial charge in [0.1, 0.15) is 17.9 Å². The molecule has 2 aromatic carbocycles. The van der Waals surface area contributed by atoms with Crippen molar-refractivity contribution in [3.63, 3.8) is 0 Å². The minimum absolute atomic E-state index is 0.350. The minimum atomic E-state index is -3.49. The Bertz CT molecular complexity index is 1140. The van der Waals surface area contributed by atoms with Gasteiger partial charge in [0.25, 0.3) is 0 Å². The van der Waals surface area contributed by atoms with Crippen LogP contribution in [-0.4, -0.2) is 55.5 Å². The molecule has 1 aliphatic heterocycles. The lowest BCUT2D eigenvalue weighted by Crippen LogP contribution is -2.48. The van der Waals surface area contributed by atoms with Gasteiger partial charge in [0, 0.05) is 37.8 Å². The Morgan fingerprint density at radius 3 is 2.22 bits per heavy atom. The molecule has 7 nitrogen and oxygen atoms in total. The molecule has 0 bridgehead atoms. The van der Waals surface area contributed by atoms with Gasteiger partial charge in [-0.1, -0.05) is 19.1 Å². The Balaban J connectivity index is 1.44. The SMILES string of the molecule is CCOc1ccc(-c2cc(N3CCN(S(=O)(=O)c4ccc(CC)cc4)CC3)ncn2)cc1. The molecule has 0 aliphatic carbocycles. The number of nitrogens with zero attached hydrogens (tertiary/aromatic N) is 4. The molecule has 3 aromatic rings. The van der Waals surface area contributed by atoms with Crippen molar-refractivity contribution in [1.82, 2.24) is 14.3 Å². The molecule has 0 saturated carbocycles. The maximum atomic E-state index is 13.0. The number of aromatic nitrogens is 2. The second-order valence-electron chi connectivity index (χ2n) is 7.61. The summed E-state index contributed by atoms with van der Waals surface area (Å²) in [5, 5.41) is 0. The molecule has 0 amide bonds. The molecule has 0 N–H and O–H groups in total. The lowest BCUT2D eigenvalue weighted by molar-refractivity contribution is 0.340. The quantitative estimate of drug-likeness (QED) is 0.545. The smallest absolute Gasteiger partial charge is 0.243 e. The third-order valence-corrected chi connectivity index (χ3v) is 7.56. The fraction of sp³-hybridized carbons (Fsp3) is 0.333. The van der Waals surface area contributed by atoms with E-state index in [1.165, 1.54) is 0 Å². The summed E-state index contributed by atoms with van der Waals surface area (Å²) in [5.41, 5.74) is 2.93. The maximum absolute atomic E-state index is 13.0. The van der Waals surface area contributed by atoms with Crippen LogP contribution in [0, 0.1) is 0 Å². The van der Waals surface area contributed by atoms with Crippen LogP contribution in [0.25, 0.3) is 11.3 Å². The normalized spacial score (nSPS) is 15.0. The summed E-state index contributed by atoms with van der Waals surface area (Å²) >= 11 is 0. The van der Waals surface area contributed by atoms with Gasteiger partial charge in [-0.05, 0) is 55.3 Å². The maximum Gasteiger partial charge on any atom is 0.243 e. The van der Waals surface area contributed by atoms with Gasteiger partial charge in [-0.3, -0.25) is 0 Å². The monoisotopic (exact) mass is 452 g/mol. The highest BCUT2D eigenvalue weighted by molar-refractivity contribution is 7.89. The molecule has 32 heavy (non-hydrogen) atoms. The zero-order valence-corrected chi connectivity index (χ0v) is 19.3. The number of aryl methyl sites for hydroxylation is 1. The summed E-state index contributed by atoms with van der Waals surface area (Å²) in [6.07, 6.45) is 2.44. The van der Waals surface area contributed by atoms with Crippen LogP contribution in [0.5, 0.6) is 5.75 Å². The summed E-state index contributed by atoms with van der Waals surface area (Å²) in [5.74, 6) is 1.63. The summed E-state index contributed by atoms with van der Waals surface area (Å²) < 4.78 is 33.1. The van der Waals surface area contributed by atoms with E-state index in [0.717, 1.165) is 34.8 Å². The minimum Gasteiger partial charge on any atom is -0.494 e. The topological polar surface area (TPSA) is 75.6 Å². The number of sulfonamides is 1. The molecule has 8 heteroatoms. The van der Waals surface area contributed by atoms with Crippen LogP contribution in [0.4, 0.5) is 5.82 Å². The van der Waals surface area contributed by atoms with Gasteiger partial charge in [-0.15, -0.1) is 0 Å². The fourth-order valence-corrected chi connectivity index (χ4v) is 5.19. The van der Waals surface area contributed by atoms with Crippen molar-refractivity contribution >= 4 is 15.8 Å². The van der Waals surface area contributed by atoms with Crippen LogP contribution in [-0.2, 0) is 16.4 Å². The van der Waals surface area contributed by atoms with Crippen LogP contribution in [0.15, 0.2) is 65.8 Å². The molecule has 2 heterocycles. The predicted molar refractivity (Wildman–Crippen MR) is 125 cm³/mol. The molecule has 1 fully saturated rings. The molecule has 0 radical (unpaired) electrons. The van der Waals surface area contributed by atoms with Crippen molar-refractivity contribution < 1.29 is 13.2 Å². The number of anilines is 1. The van der Waals surface area contributed by atoms with Crippen molar-refractivity contribution in [2.45, 2.75) is 25.2 Å². The van der Waals surface area contributed by atoms with Gasteiger partial charge in [-0.2, -0.15) is 4.31 Å². The lowest BCUT2D eigenvalue weighted by Gasteiger charge is -2.34. The molecule has 1 aliphatic rings. The van der Waals surface area contributed by atoms with Crippen molar-refractivity contribution in [1.29, 1.82) is 0 Å². The lowest BCUT2D eigenvalue weighted by atomic mass is 10.1. The molecule has 0 spiro atoms. The van der Waals surface area contributed by atoms with E-state index >= 15 is 0 Å². The fourth-order valence-electron chi connectivity index (χ4n) is 3.77. The number of rotatable bonds is 7. The highest BCUT2D eigenvalue weighted by atomic mass is 32.2. The van der Waals surface area contributed by atoms with E-state index in [4.69, 9.17) is 4.74 Å². The third kappa shape index (κ3) is 4.76. The zero-order valence-electron chi connectivity index (χ0n) is 18.4. The van der Waals surface area contributed by atoms with E-state index in [-0.39, 0.29) is 0 Å². The molecule has 1 saturated heterocycles. The van der Waals surface area contributed by atoms with E-state index in [0.29, 0.717) is 37.7 Å². The summed E-state index contributed by atoms with van der Waals surface area (Å²) in [6.45, 7) is 6.62. The Morgan fingerprint density at radius 1 is 0.906 bits per heavy atom. The van der Waals surface area contributed by atoms with E-state index in [1.807, 2.05) is 49.4 Å². The predicted octanol–water partition coefficient (Wildman–Crippen LogP) is 3.62. The summed E-state index contributed by atoms with van der Waals surface area (Å²) in [4.78, 5) is 11.3. The number of hydrogen-bond acceptors (Lipinski definition) is 6. The molecule has 0 atom stereocenters. The molecule has 1 aromatic heterocycles. The van der Waals surface area contributed by atoms with Crippen molar-refractivity contribution in [3.8, 4) is 17.0 Å². The van der Waals surface area contributed by atoms with Crippen molar-refractivity contribution in [2.24, 2.45) is 0 Å². The highest BCUT2D eigenvalue weighted by Crippen LogP contribution is 2.25. The average molecular weight is 453 g/mol. The number of benzene rings is 2. The number of piperazine rings is 1. The van der Waals surface area contributed by atoms with E-state index in [2.05, 4.69) is 21.8 Å². The van der Waals surface area contributed by atoms with Gasteiger partial charge >= 0.3 is 0 Å². The molecule has 4 rings (SSSR count). The molecule has 168 valence electrons. The van der Waals surface area contributed by atoms with Gasteiger partial charge < -0.3 is 9.64 Å². The first kappa shape index (κ1) is 22.2. The first-order valence-electron chi connectivity index (χ1n) is 10.9. The zero-order chi connectivity index (χ0) is 22.6. The van der Waals surface area contributed by atoms with Crippen LogP contribution >= 0.6 is 0 Å². The second kappa shape index (κ2) is 9.67. The Kier molecular flexibility index (Phi) is 6.72. The Labute approximate surface area is 189 Å². The van der Waals surface area contributed by atoms with E-state index in [9.17, 15) is 8.42 Å². The molecular weight excluding hydrogens is 424 g/mol. The first-order chi connectivity index (χ1) is 15.5. The largest absolute Gasteiger partial charge is 0.494 e. The third-order valence-electron chi connectivity index (χ3n) is 5.65. The van der Waals surface area contributed by atoms with Crippen LogP contribution < -0.4 is 9.64 Å². The first-order valence-corrected chi connectivity index (χ1v) is 12.3. The Hall–Kier alpha value is -2.97. The average Bonchev–Trinajstić information content (AvgIpc) is 2.85.